The Bertz CT molecular complexity index is 1240. The summed E-state index contributed by atoms with van der Waals surface area (Å²) >= 11 is 1.68. The minimum Gasteiger partial charge on any atom is -0.481 e. The molecule has 2 aliphatic rings. The Morgan fingerprint density at radius 1 is 1.15 bits per heavy atom. The Kier molecular flexibility index (Phi) is 5.54. The molecular weight excluding hydrogens is 436 g/mol. The monoisotopic (exact) mass is 464 g/mol. The van der Waals surface area contributed by atoms with E-state index in [9.17, 15) is 9.90 Å². The lowest BCUT2D eigenvalue weighted by Crippen LogP contribution is -2.43. The van der Waals surface area contributed by atoms with E-state index in [4.69, 9.17) is 4.99 Å². The van der Waals surface area contributed by atoms with Gasteiger partial charge in [0.1, 0.15) is 16.9 Å². The largest absolute Gasteiger partial charge is 0.481 e. The second-order valence-electron chi connectivity index (χ2n) is 8.74. The van der Waals surface area contributed by atoms with Gasteiger partial charge in [-0.05, 0) is 45.4 Å². The summed E-state index contributed by atoms with van der Waals surface area (Å²) in [7, 11) is 0. The summed E-state index contributed by atoms with van der Waals surface area (Å²) in [5.41, 5.74) is 5.19. The van der Waals surface area contributed by atoms with Crippen LogP contribution in [0.1, 0.15) is 46.2 Å². The van der Waals surface area contributed by atoms with E-state index in [0.717, 1.165) is 59.4 Å². The number of carboxylic acid groups (broad SMARTS) is 1. The molecule has 2 aromatic heterocycles. The molecule has 0 aliphatic carbocycles. The van der Waals surface area contributed by atoms with Crippen molar-refractivity contribution in [2.75, 3.05) is 31.1 Å². The minimum absolute atomic E-state index is 0.581. The number of aryl methyl sites for hydroxylation is 2. The average molecular weight is 465 g/mol. The van der Waals surface area contributed by atoms with Gasteiger partial charge in [0.15, 0.2) is 5.82 Å². The number of fused-ring (bicyclic) bond motifs is 3. The van der Waals surface area contributed by atoms with Crippen LogP contribution in [0.4, 0.5) is 5.69 Å². The summed E-state index contributed by atoms with van der Waals surface area (Å²) in [6.45, 7) is 11.7. The fourth-order valence-electron chi connectivity index (χ4n) is 4.57. The third-order valence-electron chi connectivity index (χ3n) is 6.68. The highest BCUT2D eigenvalue weighted by Gasteiger charge is 2.36. The summed E-state index contributed by atoms with van der Waals surface area (Å²) in [5.74, 6) is -0.321. The first-order valence-electron chi connectivity index (χ1n) is 11.3. The molecule has 2 aliphatic heterocycles. The predicted molar refractivity (Wildman–Crippen MR) is 130 cm³/mol. The van der Waals surface area contributed by atoms with Gasteiger partial charge in [0, 0.05) is 47.9 Å². The van der Waals surface area contributed by atoms with Gasteiger partial charge >= 0.3 is 5.97 Å². The molecule has 1 unspecified atom stereocenters. The molecule has 33 heavy (non-hydrogen) atoms. The fraction of sp³-hybridized carbons (Fsp3) is 0.417. The number of carbonyl (C=O) groups is 1. The van der Waals surface area contributed by atoms with Gasteiger partial charge in [0.2, 0.25) is 0 Å². The molecule has 2 atom stereocenters. The van der Waals surface area contributed by atoms with Crippen molar-refractivity contribution in [2.45, 2.75) is 33.7 Å². The zero-order valence-corrected chi connectivity index (χ0v) is 20.1. The quantitative estimate of drug-likeness (QED) is 0.615. The zero-order chi connectivity index (χ0) is 23.3. The number of nitrogens with zero attached hydrogens (tertiary/aromatic N) is 5. The molecule has 4 heterocycles. The van der Waals surface area contributed by atoms with Gasteiger partial charge < -0.3 is 15.3 Å². The van der Waals surface area contributed by atoms with Crippen molar-refractivity contribution in [3.8, 4) is 5.00 Å². The van der Waals surface area contributed by atoms with E-state index >= 15 is 0 Å². The smallest absolute Gasteiger partial charge is 0.308 e. The maximum atomic E-state index is 12.0. The standard InChI is InChI=1S/C24H28N6O2S/c1-13-15(3)33-23-19(13)21(17-5-7-18(8-6-17)29-11-9-25-10-12-29)26-20(14(2)24(31)32)22-28-27-16(4)30(22)23/h5-8,14,20,25H,9-12H2,1-4H3,(H,31,32)/t14-,20?/m0/s1. The molecule has 172 valence electrons. The average Bonchev–Trinajstić information content (AvgIpc) is 3.29. The molecule has 1 aromatic carbocycles. The third-order valence-corrected chi connectivity index (χ3v) is 7.87. The van der Waals surface area contributed by atoms with Crippen LogP contribution in [0.5, 0.6) is 0 Å². The van der Waals surface area contributed by atoms with Crippen molar-refractivity contribution in [3.05, 3.63) is 57.5 Å². The van der Waals surface area contributed by atoms with Crippen molar-refractivity contribution in [3.63, 3.8) is 0 Å². The highest BCUT2D eigenvalue weighted by atomic mass is 32.1. The van der Waals surface area contributed by atoms with E-state index in [2.05, 4.69) is 58.5 Å². The van der Waals surface area contributed by atoms with Gasteiger partial charge in [-0.2, -0.15) is 0 Å². The first-order chi connectivity index (χ1) is 15.9. The first-order valence-corrected chi connectivity index (χ1v) is 12.1. The summed E-state index contributed by atoms with van der Waals surface area (Å²) in [4.78, 5) is 20.6. The lowest BCUT2D eigenvalue weighted by Gasteiger charge is -2.29. The van der Waals surface area contributed by atoms with Gasteiger partial charge in [-0.15, -0.1) is 21.5 Å². The molecule has 0 bridgehead atoms. The van der Waals surface area contributed by atoms with E-state index in [1.54, 1.807) is 18.3 Å². The van der Waals surface area contributed by atoms with Gasteiger partial charge in [-0.25, -0.2) is 0 Å². The number of aliphatic imine (C=N–C) groups is 1. The molecular formula is C24H28N6O2S. The van der Waals surface area contributed by atoms with Gasteiger partial charge in [-0.3, -0.25) is 14.4 Å². The molecule has 0 amide bonds. The van der Waals surface area contributed by atoms with E-state index in [-0.39, 0.29) is 0 Å². The number of hydrogen-bond donors (Lipinski definition) is 2. The predicted octanol–water partition coefficient (Wildman–Crippen LogP) is 3.28. The molecule has 1 fully saturated rings. The van der Waals surface area contributed by atoms with Crippen molar-refractivity contribution in [2.24, 2.45) is 10.9 Å². The highest BCUT2D eigenvalue weighted by Crippen LogP contribution is 2.40. The Balaban J connectivity index is 1.67. The molecule has 8 nitrogen and oxygen atoms in total. The lowest BCUT2D eigenvalue weighted by molar-refractivity contribution is -0.141. The normalized spacial score (nSPS) is 18.8. The van der Waals surface area contributed by atoms with Crippen LogP contribution in [-0.4, -0.2) is 57.7 Å². The van der Waals surface area contributed by atoms with Crippen LogP contribution in [0.15, 0.2) is 29.3 Å². The van der Waals surface area contributed by atoms with Gasteiger partial charge in [0.25, 0.3) is 0 Å². The van der Waals surface area contributed by atoms with E-state index in [1.165, 1.54) is 10.6 Å². The van der Waals surface area contributed by atoms with Crippen LogP contribution in [0, 0.1) is 26.7 Å². The number of rotatable bonds is 4. The summed E-state index contributed by atoms with van der Waals surface area (Å²) in [5, 5.41) is 22.9. The molecule has 2 N–H and O–H groups in total. The summed E-state index contributed by atoms with van der Waals surface area (Å²) in [6, 6.07) is 7.86. The van der Waals surface area contributed by atoms with Crippen LogP contribution < -0.4 is 10.2 Å². The zero-order valence-electron chi connectivity index (χ0n) is 19.3. The van der Waals surface area contributed by atoms with Crippen molar-refractivity contribution < 1.29 is 9.90 Å². The maximum Gasteiger partial charge on any atom is 0.308 e. The number of aliphatic carboxylic acids is 1. The van der Waals surface area contributed by atoms with E-state index < -0.39 is 17.9 Å². The molecule has 0 radical (unpaired) electrons. The van der Waals surface area contributed by atoms with Gasteiger partial charge in [-0.1, -0.05) is 12.1 Å². The molecule has 5 rings (SSSR count). The van der Waals surface area contributed by atoms with Crippen molar-refractivity contribution in [1.82, 2.24) is 20.1 Å². The molecule has 0 spiro atoms. The Morgan fingerprint density at radius 3 is 2.52 bits per heavy atom. The van der Waals surface area contributed by atoms with E-state index in [1.807, 2.05) is 11.5 Å². The lowest BCUT2D eigenvalue weighted by atomic mass is 9.98. The Hall–Kier alpha value is -3.04. The van der Waals surface area contributed by atoms with Crippen LogP contribution in [0.25, 0.3) is 5.00 Å². The summed E-state index contributed by atoms with van der Waals surface area (Å²) in [6.07, 6.45) is 0. The SMILES string of the molecule is Cc1sc2c(c1C)C(c1ccc(N3CCNCC3)cc1)=NC([C@H](C)C(=O)O)c1nnc(C)n1-2. The second-order valence-corrected chi connectivity index (χ2v) is 9.94. The number of thiophene rings is 1. The molecule has 3 aromatic rings. The molecule has 1 saturated heterocycles. The number of anilines is 1. The van der Waals surface area contributed by atoms with Gasteiger partial charge in [0.05, 0.1) is 11.6 Å². The summed E-state index contributed by atoms with van der Waals surface area (Å²) < 4.78 is 2.00. The number of benzene rings is 1. The van der Waals surface area contributed by atoms with Crippen LogP contribution in [0.2, 0.25) is 0 Å². The van der Waals surface area contributed by atoms with E-state index in [0.29, 0.717) is 5.82 Å². The third kappa shape index (κ3) is 3.65. The Morgan fingerprint density at radius 2 is 1.85 bits per heavy atom. The van der Waals surface area contributed by atoms with Crippen LogP contribution >= 0.6 is 11.3 Å². The number of hydrogen-bond acceptors (Lipinski definition) is 7. The fourth-order valence-corrected chi connectivity index (χ4v) is 5.78. The van der Waals surface area contributed by atoms with Crippen LogP contribution in [0.3, 0.4) is 0 Å². The maximum absolute atomic E-state index is 12.0. The number of piperazine rings is 1. The minimum atomic E-state index is -0.900. The molecule has 0 saturated carbocycles. The topological polar surface area (TPSA) is 95.6 Å². The second kappa shape index (κ2) is 8.39. The number of carboxylic acids is 1. The molecule has 9 heteroatoms. The van der Waals surface area contributed by atoms with Crippen molar-refractivity contribution >= 4 is 28.7 Å². The Labute approximate surface area is 197 Å². The van der Waals surface area contributed by atoms with Crippen molar-refractivity contribution in [1.29, 1.82) is 0 Å². The number of aromatic nitrogens is 3. The first kappa shape index (κ1) is 21.8. The number of nitrogens with one attached hydrogen (secondary N) is 1. The highest BCUT2D eigenvalue weighted by molar-refractivity contribution is 7.15. The van der Waals surface area contributed by atoms with Crippen LogP contribution in [-0.2, 0) is 4.79 Å².